The quantitative estimate of drug-likeness (QED) is 0.918. The van der Waals surface area contributed by atoms with Crippen LogP contribution in [0.15, 0.2) is 36.7 Å². The van der Waals surface area contributed by atoms with Crippen molar-refractivity contribution in [2.45, 2.75) is 19.9 Å². The molecule has 0 bridgehead atoms. The Kier molecular flexibility index (Phi) is 4.51. The first-order valence-corrected chi connectivity index (χ1v) is 6.60. The molecule has 1 aromatic carbocycles. The molecular formula is C15H16ClFN2. The molecule has 0 aliphatic heterocycles. The minimum atomic E-state index is -0.312. The van der Waals surface area contributed by atoms with Crippen LogP contribution in [0.3, 0.4) is 0 Å². The predicted molar refractivity (Wildman–Crippen MR) is 75.9 cm³/mol. The lowest BCUT2D eigenvalue weighted by atomic mass is 9.95. The summed E-state index contributed by atoms with van der Waals surface area (Å²) >= 11 is 6.05. The highest BCUT2D eigenvalue weighted by Crippen LogP contribution is 2.28. The Hall–Kier alpha value is -1.45. The normalized spacial score (nSPS) is 12.4. The van der Waals surface area contributed by atoms with Gasteiger partial charge in [0.15, 0.2) is 0 Å². The Morgan fingerprint density at radius 2 is 2.11 bits per heavy atom. The molecule has 1 atom stereocenters. The fourth-order valence-electron chi connectivity index (χ4n) is 2.13. The second-order valence-corrected chi connectivity index (χ2v) is 4.83. The van der Waals surface area contributed by atoms with Crippen LogP contribution in [0.5, 0.6) is 0 Å². The number of aromatic nitrogens is 1. The summed E-state index contributed by atoms with van der Waals surface area (Å²) in [4.78, 5) is 3.79. The molecule has 0 saturated carbocycles. The zero-order valence-corrected chi connectivity index (χ0v) is 11.7. The summed E-state index contributed by atoms with van der Waals surface area (Å²) in [7, 11) is 0. The van der Waals surface area contributed by atoms with Crippen molar-refractivity contribution in [2.24, 2.45) is 0 Å². The van der Waals surface area contributed by atoms with E-state index in [0.29, 0.717) is 10.6 Å². The van der Waals surface area contributed by atoms with E-state index in [0.717, 1.165) is 17.7 Å². The van der Waals surface area contributed by atoms with Crippen LogP contribution < -0.4 is 5.32 Å². The number of rotatable bonds is 4. The van der Waals surface area contributed by atoms with Crippen molar-refractivity contribution in [3.8, 4) is 0 Å². The summed E-state index contributed by atoms with van der Waals surface area (Å²) < 4.78 is 13.9. The van der Waals surface area contributed by atoms with Crippen molar-refractivity contribution in [1.29, 1.82) is 0 Å². The van der Waals surface area contributed by atoms with Crippen molar-refractivity contribution in [2.75, 3.05) is 6.54 Å². The number of nitrogens with zero attached hydrogens (tertiary/aromatic N) is 1. The number of hydrogen-bond acceptors (Lipinski definition) is 2. The minimum Gasteiger partial charge on any atom is -0.306 e. The maximum atomic E-state index is 13.9. The van der Waals surface area contributed by atoms with Gasteiger partial charge in [-0.2, -0.15) is 0 Å². The van der Waals surface area contributed by atoms with Crippen LogP contribution in [0.25, 0.3) is 0 Å². The van der Waals surface area contributed by atoms with Crippen LogP contribution >= 0.6 is 11.6 Å². The van der Waals surface area contributed by atoms with Crippen molar-refractivity contribution >= 4 is 11.6 Å². The van der Waals surface area contributed by atoms with Gasteiger partial charge in [-0.1, -0.05) is 24.6 Å². The third kappa shape index (κ3) is 3.11. The van der Waals surface area contributed by atoms with Gasteiger partial charge in [-0.15, -0.1) is 0 Å². The fraction of sp³-hybridized carbons (Fsp3) is 0.267. The van der Waals surface area contributed by atoms with E-state index >= 15 is 0 Å². The smallest absolute Gasteiger partial charge is 0.146 e. The fourth-order valence-corrected chi connectivity index (χ4v) is 2.31. The average Bonchev–Trinajstić information content (AvgIpc) is 2.40. The topological polar surface area (TPSA) is 24.9 Å². The van der Waals surface area contributed by atoms with Gasteiger partial charge in [0, 0.05) is 16.8 Å². The van der Waals surface area contributed by atoms with Gasteiger partial charge in [0.1, 0.15) is 5.82 Å². The molecule has 1 unspecified atom stereocenters. The number of pyridine rings is 1. The average molecular weight is 279 g/mol. The summed E-state index contributed by atoms with van der Waals surface area (Å²) in [5, 5.41) is 3.95. The van der Waals surface area contributed by atoms with Gasteiger partial charge in [-0.3, -0.25) is 4.98 Å². The number of nitrogens with one attached hydrogen (secondary N) is 1. The molecule has 1 aromatic heterocycles. The summed E-state index contributed by atoms with van der Waals surface area (Å²) in [5.74, 6) is -0.312. The summed E-state index contributed by atoms with van der Waals surface area (Å²) in [6.45, 7) is 4.72. The number of aryl methyl sites for hydroxylation is 1. The Morgan fingerprint density at radius 3 is 2.79 bits per heavy atom. The van der Waals surface area contributed by atoms with Crippen LogP contribution in [0.4, 0.5) is 4.39 Å². The molecular weight excluding hydrogens is 263 g/mol. The molecule has 2 nitrogen and oxygen atoms in total. The van der Waals surface area contributed by atoms with Gasteiger partial charge in [-0.25, -0.2) is 4.39 Å². The van der Waals surface area contributed by atoms with Crippen LogP contribution in [0, 0.1) is 12.7 Å². The van der Waals surface area contributed by atoms with E-state index < -0.39 is 0 Å². The van der Waals surface area contributed by atoms with Gasteiger partial charge >= 0.3 is 0 Å². The Balaban J connectivity index is 2.51. The largest absolute Gasteiger partial charge is 0.306 e. The van der Waals surface area contributed by atoms with Crippen LogP contribution in [0.1, 0.15) is 29.7 Å². The van der Waals surface area contributed by atoms with Crippen molar-refractivity contribution in [3.63, 3.8) is 0 Å². The number of halogens is 2. The van der Waals surface area contributed by atoms with Crippen molar-refractivity contribution in [3.05, 3.63) is 64.2 Å². The summed E-state index contributed by atoms with van der Waals surface area (Å²) in [6.07, 6.45) is 2.84. The molecule has 0 saturated heterocycles. The van der Waals surface area contributed by atoms with E-state index in [1.165, 1.54) is 6.20 Å². The zero-order valence-electron chi connectivity index (χ0n) is 11.0. The van der Waals surface area contributed by atoms with Gasteiger partial charge in [0.2, 0.25) is 0 Å². The highest BCUT2D eigenvalue weighted by molar-refractivity contribution is 6.30. The standard InChI is InChI=1S/C15H16ClFN2/c1-3-19-15(12-6-7-18-9-14(12)17)13-8-11(16)5-4-10(13)2/h4-9,15,19H,3H2,1-2H3. The number of hydrogen-bond donors (Lipinski definition) is 1. The SMILES string of the molecule is CCNC(c1cc(Cl)ccc1C)c1ccncc1F. The van der Waals surface area contributed by atoms with Crippen LogP contribution in [-0.4, -0.2) is 11.5 Å². The lowest BCUT2D eigenvalue weighted by molar-refractivity contribution is 0.553. The number of benzene rings is 1. The van der Waals surface area contributed by atoms with Crippen molar-refractivity contribution in [1.82, 2.24) is 10.3 Å². The minimum absolute atomic E-state index is 0.216. The second-order valence-electron chi connectivity index (χ2n) is 4.39. The molecule has 2 aromatic rings. The maximum absolute atomic E-state index is 13.9. The lowest BCUT2D eigenvalue weighted by Crippen LogP contribution is -2.23. The Morgan fingerprint density at radius 1 is 1.32 bits per heavy atom. The summed E-state index contributed by atoms with van der Waals surface area (Å²) in [6, 6.07) is 7.15. The van der Waals surface area contributed by atoms with E-state index in [4.69, 9.17) is 11.6 Å². The molecule has 4 heteroatoms. The molecule has 0 amide bonds. The first kappa shape index (κ1) is 14.0. The molecule has 0 fully saturated rings. The third-order valence-electron chi connectivity index (χ3n) is 3.08. The predicted octanol–water partition coefficient (Wildman–Crippen LogP) is 3.88. The Labute approximate surface area is 117 Å². The van der Waals surface area contributed by atoms with E-state index in [1.807, 2.05) is 32.0 Å². The molecule has 0 spiro atoms. The van der Waals surface area contributed by atoms with Gasteiger partial charge < -0.3 is 5.32 Å². The maximum Gasteiger partial charge on any atom is 0.146 e. The zero-order chi connectivity index (χ0) is 13.8. The summed E-state index contributed by atoms with van der Waals surface area (Å²) in [5.41, 5.74) is 2.65. The Bertz CT molecular complexity index is 572. The first-order valence-electron chi connectivity index (χ1n) is 6.22. The molecule has 0 radical (unpaired) electrons. The second kappa shape index (κ2) is 6.13. The van der Waals surface area contributed by atoms with E-state index in [9.17, 15) is 4.39 Å². The van der Waals surface area contributed by atoms with Gasteiger partial charge in [0.05, 0.1) is 12.2 Å². The molecule has 2 rings (SSSR count). The van der Waals surface area contributed by atoms with Crippen LogP contribution in [0.2, 0.25) is 5.02 Å². The van der Waals surface area contributed by atoms with Gasteiger partial charge in [0.25, 0.3) is 0 Å². The van der Waals surface area contributed by atoms with Crippen LogP contribution in [-0.2, 0) is 0 Å². The van der Waals surface area contributed by atoms with Gasteiger partial charge in [-0.05, 0) is 42.8 Å². The highest BCUT2D eigenvalue weighted by atomic mass is 35.5. The lowest BCUT2D eigenvalue weighted by Gasteiger charge is -2.21. The van der Waals surface area contributed by atoms with E-state index in [1.54, 1.807) is 12.3 Å². The molecule has 19 heavy (non-hydrogen) atoms. The molecule has 0 aliphatic rings. The molecule has 100 valence electrons. The van der Waals surface area contributed by atoms with Crippen molar-refractivity contribution < 1.29 is 4.39 Å². The third-order valence-corrected chi connectivity index (χ3v) is 3.31. The first-order chi connectivity index (χ1) is 9.13. The van der Waals surface area contributed by atoms with E-state index in [-0.39, 0.29) is 11.9 Å². The van der Waals surface area contributed by atoms with E-state index in [2.05, 4.69) is 10.3 Å². The molecule has 1 heterocycles. The molecule has 1 N–H and O–H groups in total. The monoisotopic (exact) mass is 278 g/mol. The molecule has 0 aliphatic carbocycles. The highest BCUT2D eigenvalue weighted by Gasteiger charge is 2.18.